The second-order valence-corrected chi connectivity index (χ2v) is 9.41. The Bertz CT molecular complexity index is 425. The van der Waals surface area contributed by atoms with E-state index in [2.05, 4.69) is 25.8 Å². The molecule has 20 heavy (non-hydrogen) atoms. The molecule has 2 aliphatic rings. The molecule has 4 nitrogen and oxygen atoms in total. The smallest absolute Gasteiger partial charge is 0.151 e. The third-order valence-electron chi connectivity index (χ3n) is 5.79. The standard InChI is InChI=1S/C15H30N2O2S/c1-12(2)13-4-7-15(11-16,8-5-13)17(3)14-6-9-20(18,19)10-14/h12-14H,4-11,16H2,1-3H3. The highest BCUT2D eigenvalue weighted by Crippen LogP contribution is 2.40. The Morgan fingerprint density at radius 3 is 2.25 bits per heavy atom. The predicted octanol–water partition coefficient (Wildman–Crippen LogP) is 1.65. The first-order chi connectivity index (χ1) is 9.30. The number of rotatable bonds is 4. The number of hydrogen-bond donors (Lipinski definition) is 1. The molecule has 1 saturated heterocycles. The van der Waals surface area contributed by atoms with Crippen LogP contribution in [0.4, 0.5) is 0 Å². The molecule has 1 aliphatic heterocycles. The van der Waals surface area contributed by atoms with Crippen molar-refractivity contribution in [1.82, 2.24) is 4.90 Å². The van der Waals surface area contributed by atoms with Gasteiger partial charge in [-0.3, -0.25) is 4.90 Å². The van der Waals surface area contributed by atoms with Gasteiger partial charge in [0.2, 0.25) is 0 Å². The van der Waals surface area contributed by atoms with Gasteiger partial charge in [-0.15, -0.1) is 0 Å². The molecule has 1 unspecified atom stereocenters. The third-order valence-corrected chi connectivity index (χ3v) is 7.54. The fourth-order valence-corrected chi connectivity index (χ4v) is 5.79. The highest BCUT2D eigenvalue weighted by molar-refractivity contribution is 7.91. The van der Waals surface area contributed by atoms with E-state index in [1.54, 1.807) is 0 Å². The first kappa shape index (κ1) is 16.2. The Hall–Kier alpha value is -0.130. The minimum absolute atomic E-state index is 0.0237. The van der Waals surface area contributed by atoms with Gasteiger partial charge in [0.05, 0.1) is 11.5 Å². The number of sulfone groups is 1. The van der Waals surface area contributed by atoms with Gasteiger partial charge < -0.3 is 5.73 Å². The molecule has 0 aromatic carbocycles. The summed E-state index contributed by atoms with van der Waals surface area (Å²) < 4.78 is 23.4. The van der Waals surface area contributed by atoms with Gasteiger partial charge >= 0.3 is 0 Å². The first-order valence-corrected chi connectivity index (χ1v) is 9.75. The molecule has 0 aromatic heterocycles. The van der Waals surface area contributed by atoms with E-state index in [-0.39, 0.29) is 11.6 Å². The van der Waals surface area contributed by atoms with Crippen LogP contribution in [0, 0.1) is 11.8 Å². The summed E-state index contributed by atoms with van der Waals surface area (Å²) in [5.41, 5.74) is 6.13. The van der Waals surface area contributed by atoms with Gasteiger partial charge in [0.1, 0.15) is 0 Å². The van der Waals surface area contributed by atoms with E-state index < -0.39 is 9.84 Å². The minimum Gasteiger partial charge on any atom is -0.329 e. The summed E-state index contributed by atoms with van der Waals surface area (Å²) in [6, 6.07) is 0.166. The van der Waals surface area contributed by atoms with Crippen LogP contribution >= 0.6 is 0 Å². The van der Waals surface area contributed by atoms with Crippen LogP contribution in [-0.2, 0) is 9.84 Å². The van der Waals surface area contributed by atoms with Crippen molar-refractivity contribution < 1.29 is 8.42 Å². The number of nitrogens with two attached hydrogens (primary N) is 1. The maximum absolute atomic E-state index is 11.7. The lowest BCUT2D eigenvalue weighted by molar-refractivity contribution is 0.0307. The minimum atomic E-state index is -2.82. The number of nitrogens with zero attached hydrogens (tertiary/aromatic N) is 1. The molecule has 0 bridgehead atoms. The number of likely N-dealkylation sites (N-methyl/N-ethyl adjacent to an activating group) is 1. The van der Waals surface area contributed by atoms with E-state index in [1.165, 1.54) is 12.8 Å². The largest absolute Gasteiger partial charge is 0.329 e. The van der Waals surface area contributed by atoms with E-state index in [0.29, 0.717) is 18.1 Å². The molecular weight excluding hydrogens is 272 g/mol. The van der Waals surface area contributed by atoms with E-state index in [1.807, 2.05) is 0 Å². The van der Waals surface area contributed by atoms with Crippen molar-refractivity contribution in [3.63, 3.8) is 0 Å². The summed E-state index contributed by atoms with van der Waals surface area (Å²) in [7, 11) is -0.729. The van der Waals surface area contributed by atoms with Crippen molar-refractivity contribution in [3.05, 3.63) is 0 Å². The van der Waals surface area contributed by atoms with Gasteiger partial charge in [-0.1, -0.05) is 13.8 Å². The monoisotopic (exact) mass is 302 g/mol. The molecular formula is C15H30N2O2S. The van der Waals surface area contributed by atoms with Crippen LogP contribution in [0.15, 0.2) is 0 Å². The lowest BCUT2D eigenvalue weighted by atomic mass is 9.71. The Balaban J connectivity index is 2.05. The molecule has 0 aromatic rings. The van der Waals surface area contributed by atoms with Crippen LogP contribution in [0.1, 0.15) is 46.0 Å². The van der Waals surface area contributed by atoms with Crippen molar-refractivity contribution in [2.45, 2.75) is 57.5 Å². The predicted molar refractivity (Wildman–Crippen MR) is 83.4 cm³/mol. The summed E-state index contributed by atoms with van der Waals surface area (Å²) in [5.74, 6) is 2.20. The first-order valence-electron chi connectivity index (χ1n) is 7.93. The topological polar surface area (TPSA) is 63.4 Å². The molecule has 2 N–H and O–H groups in total. The van der Waals surface area contributed by atoms with Crippen LogP contribution in [-0.4, -0.2) is 50.0 Å². The molecule has 1 saturated carbocycles. The van der Waals surface area contributed by atoms with Crippen LogP contribution < -0.4 is 5.73 Å². The molecule has 0 radical (unpaired) electrons. The van der Waals surface area contributed by atoms with Gasteiger partial charge in [0, 0.05) is 18.1 Å². The normalized spacial score (nSPS) is 37.7. The zero-order chi connectivity index (χ0) is 15.0. The van der Waals surface area contributed by atoms with E-state index in [0.717, 1.165) is 31.1 Å². The SMILES string of the molecule is CC(C)C1CCC(CN)(N(C)C2CCS(=O)(=O)C2)CC1. The van der Waals surface area contributed by atoms with Crippen molar-refractivity contribution in [2.75, 3.05) is 25.1 Å². The fraction of sp³-hybridized carbons (Fsp3) is 1.00. The van der Waals surface area contributed by atoms with E-state index in [9.17, 15) is 8.42 Å². The lowest BCUT2D eigenvalue weighted by Crippen LogP contribution is -2.58. The summed E-state index contributed by atoms with van der Waals surface area (Å²) in [5, 5.41) is 0. The van der Waals surface area contributed by atoms with Crippen molar-refractivity contribution in [1.29, 1.82) is 0 Å². The average Bonchev–Trinajstić information content (AvgIpc) is 2.78. The molecule has 1 atom stereocenters. The van der Waals surface area contributed by atoms with Gasteiger partial charge in [0.25, 0.3) is 0 Å². The lowest BCUT2D eigenvalue weighted by Gasteiger charge is -2.49. The quantitative estimate of drug-likeness (QED) is 0.857. The average molecular weight is 302 g/mol. The molecule has 0 amide bonds. The molecule has 2 rings (SSSR count). The third kappa shape index (κ3) is 3.20. The maximum Gasteiger partial charge on any atom is 0.151 e. The van der Waals surface area contributed by atoms with Crippen LogP contribution in [0.25, 0.3) is 0 Å². The van der Waals surface area contributed by atoms with Crippen LogP contribution in [0.5, 0.6) is 0 Å². The molecule has 1 heterocycles. The number of hydrogen-bond acceptors (Lipinski definition) is 4. The highest BCUT2D eigenvalue weighted by Gasteiger charge is 2.43. The molecule has 5 heteroatoms. The summed E-state index contributed by atoms with van der Waals surface area (Å²) in [6.45, 7) is 5.24. The molecule has 1 aliphatic carbocycles. The Morgan fingerprint density at radius 1 is 1.25 bits per heavy atom. The van der Waals surface area contributed by atoms with Crippen molar-refractivity contribution in [2.24, 2.45) is 17.6 Å². The zero-order valence-corrected chi connectivity index (χ0v) is 14.0. The van der Waals surface area contributed by atoms with Gasteiger partial charge in [-0.25, -0.2) is 8.42 Å². The van der Waals surface area contributed by atoms with Crippen molar-refractivity contribution >= 4 is 9.84 Å². The second-order valence-electron chi connectivity index (χ2n) is 7.18. The van der Waals surface area contributed by atoms with Gasteiger partial charge in [-0.05, 0) is 51.0 Å². The van der Waals surface area contributed by atoms with E-state index >= 15 is 0 Å². The van der Waals surface area contributed by atoms with Crippen molar-refractivity contribution in [3.8, 4) is 0 Å². The van der Waals surface area contributed by atoms with Gasteiger partial charge in [0.15, 0.2) is 9.84 Å². The summed E-state index contributed by atoms with van der Waals surface area (Å²) in [4.78, 5) is 2.31. The highest BCUT2D eigenvalue weighted by atomic mass is 32.2. The Morgan fingerprint density at radius 2 is 1.85 bits per heavy atom. The molecule has 0 spiro atoms. The Labute approximate surface area is 124 Å². The second kappa shape index (κ2) is 5.93. The summed E-state index contributed by atoms with van der Waals surface area (Å²) in [6.07, 6.45) is 5.43. The zero-order valence-electron chi connectivity index (χ0n) is 13.1. The van der Waals surface area contributed by atoms with E-state index in [4.69, 9.17) is 5.73 Å². The summed E-state index contributed by atoms with van der Waals surface area (Å²) >= 11 is 0. The van der Waals surface area contributed by atoms with Crippen LogP contribution in [0.2, 0.25) is 0 Å². The fourth-order valence-electron chi connectivity index (χ4n) is 4.01. The molecule has 118 valence electrons. The molecule has 2 fully saturated rings. The Kier molecular flexibility index (Phi) is 4.82. The van der Waals surface area contributed by atoms with Crippen LogP contribution in [0.3, 0.4) is 0 Å². The van der Waals surface area contributed by atoms with Gasteiger partial charge in [-0.2, -0.15) is 0 Å². The maximum atomic E-state index is 11.7.